The van der Waals surface area contributed by atoms with Crippen LogP contribution in [-0.2, 0) is 4.79 Å². The largest absolute Gasteiger partial charge is 0.573 e. The molecule has 0 atom stereocenters. The topological polar surface area (TPSA) is 56.2 Å². The van der Waals surface area contributed by atoms with Gasteiger partial charge in [-0.2, -0.15) is 5.10 Å². The third-order valence-corrected chi connectivity index (χ3v) is 4.24. The van der Waals surface area contributed by atoms with Gasteiger partial charge in [0.15, 0.2) is 0 Å². The van der Waals surface area contributed by atoms with E-state index in [1.807, 2.05) is 0 Å². The lowest BCUT2D eigenvalue weighted by molar-refractivity contribution is -0.274. The number of halogens is 5. The van der Waals surface area contributed by atoms with Crippen LogP contribution < -0.4 is 10.1 Å². The monoisotopic (exact) mass is 439 g/mol. The van der Waals surface area contributed by atoms with E-state index in [-0.39, 0.29) is 10.8 Å². The molecule has 10 heteroatoms. The number of nitrogens with one attached hydrogen (secondary N) is 1. The number of carbonyl (C=O) groups excluding carboxylic acids is 1. The summed E-state index contributed by atoms with van der Waals surface area (Å²) in [6, 6.07) is 10.3. The van der Waals surface area contributed by atoms with Gasteiger partial charge in [-0.3, -0.25) is 4.79 Å². The number of aryl methyl sites for hydroxylation is 1. The van der Waals surface area contributed by atoms with Crippen molar-refractivity contribution < 1.29 is 27.1 Å². The predicted molar refractivity (Wildman–Crippen MR) is 104 cm³/mol. The molecule has 0 radical (unpaired) electrons. The summed E-state index contributed by atoms with van der Waals surface area (Å²) in [6.07, 6.45) is -2.12. The van der Waals surface area contributed by atoms with Crippen LogP contribution in [0.25, 0.3) is 11.8 Å². The van der Waals surface area contributed by atoms with E-state index in [2.05, 4.69) is 15.2 Å². The fourth-order valence-electron chi connectivity index (χ4n) is 2.54. The van der Waals surface area contributed by atoms with Crippen LogP contribution in [0.3, 0.4) is 0 Å². The zero-order valence-electron chi connectivity index (χ0n) is 15.4. The van der Waals surface area contributed by atoms with Gasteiger partial charge >= 0.3 is 6.36 Å². The van der Waals surface area contributed by atoms with Gasteiger partial charge in [-0.15, -0.1) is 13.2 Å². The quantitative estimate of drug-likeness (QED) is 0.420. The van der Waals surface area contributed by atoms with E-state index in [4.69, 9.17) is 11.6 Å². The number of alkyl halides is 3. The summed E-state index contributed by atoms with van der Waals surface area (Å²) in [5.41, 5.74) is 1.87. The molecule has 30 heavy (non-hydrogen) atoms. The molecule has 0 aliphatic carbocycles. The molecule has 0 saturated carbocycles. The first-order valence-corrected chi connectivity index (χ1v) is 8.86. The maximum absolute atomic E-state index is 13.1. The number of hydrogen-bond donors (Lipinski definition) is 1. The summed E-state index contributed by atoms with van der Waals surface area (Å²) in [7, 11) is 0. The van der Waals surface area contributed by atoms with Gasteiger partial charge in [-0.25, -0.2) is 9.07 Å². The van der Waals surface area contributed by atoms with Crippen LogP contribution in [-0.4, -0.2) is 22.1 Å². The van der Waals surface area contributed by atoms with Gasteiger partial charge in [0.2, 0.25) is 5.91 Å². The standard InChI is InChI=1S/C20H14ClF4N3O2/c1-12-17(19(21)28(27-12)15-6-2-13(22)3-7-15)10-11-18(29)26-14-4-8-16(9-5-14)30-20(23,24)25/h2-11H,1H3,(H,26,29)/b11-10+. The molecule has 1 heterocycles. The Balaban J connectivity index is 1.70. The Hall–Kier alpha value is -3.33. The van der Waals surface area contributed by atoms with Crippen LogP contribution in [0.4, 0.5) is 23.2 Å². The molecule has 156 valence electrons. The van der Waals surface area contributed by atoms with Crippen LogP contribution in [0.1, 0.15) is 11.3 Å². The molecule has 1 N–H and O–H groups in total. The molecule has 0 aliphatic heterocycles. The van der Waals surface area contributed by atoms with Crippen molar-refractivity contribution in [3.8, 4) is 11.4 Å². The average molecular weight is 440 g/mol. The number of amides is 1. The molecule has 3 aromatic rings. The molecule has 5 nitrogen and oxygen atoms in total. The molecule has 3 rings (SSSR count). The van der Waals surface area contributed by atoms with E-state index < -0.39 is 23.8 Å². The Bertz CT molecular complexity index is 1080. The maximum Gasteiger partial charge on any atom is 0.573 e. The predicted octanol–water partition coefficient (Wildman–Crippen LogP) is 5.52. The Morgan fingerprint density at radius 1 is 1.13 bits per heavy atom. The minimum absolute atomic E-state index is 0.233. The number of rotatable bonds is 5. The lowest BCUT2D eigenvalue weighted by atomic mass is 10.2. The number of benzene rings is 2. The molecule has 0 bridgehead atoms. The number of anilines is 1. The number of nitrogens with zero attached hydrogens (tertiary/aromatic N) is 2. The second kappa shape index (κ2) is 8.58. The molecule has 1 aromatic heterocycles. The highest BCUT2D eigenvalue weighted by atomic mass is 35.5. The van der Waals surface area contributed by atoms with Gasteiger partial charge in [-0.05, 0) is 61.5 Å². The SMILES string of the molecule is Cc1nn(-c2ccc(F)cc2)c(Cl)c1/C=C/C(=O)Nc1ccc(OC(F)(F)F)cc1. The van der Waals surface area contributed by atoms with E-state index in [1.54, 1.807) is 6.92 Å². The zero-order valence-corrected chi connectivity index (χ0v) is 16.1. The molecule has 0 saturated heterocycles. The van der Waals surface area contributed by atoms with E-state index in [9.17, 15) is 22.4 Å². The van der Waals surface area contributed by atoms with Crippen molar-refractivity contribution in [2.24, 2.45) is 0 Å². The lowest BCUT2D eigenvalue weighted by Gasteiger charge is -2.09. The van der Waals surface area contributed by atoms with Gasteiger partial charge in [-0.1, -0.05) is 11.6 Å². The normalized spacial score (nSPS) is 11.7. The maximum atomic E-state index is 13.1. The highest BCUT2D eigenvalue weighted by Gasteiger charge is 2.30. The lowest BCUT2D eigenvalue weighted by Crippen LogP contribution is -2.17. The number of carbonyl (C=O) groups is 1. The fraction of sp³-hybridized carbons (Fsp3) is 0.100. The molecule has 0 aliphatic rings. The molecule has 0 spiro atoms. The molecular weight excluding hydrogens is 426 g/mol. The highest BCUT2D eigenvalue weighted by Crippen LogP contribution is 2.26. The highest BCUT2D eigenvalue weighted by molar-refractivity contribution is 6.31. The Labute approximate surface area is 173 Å². The Kier molecular flexibility index (Phi) is 6.12. The third-order valence-electron chi connectivity index (χ3n) is 3.88. The van der Waals surface area contributed by atoms with Crippen molar-refractivity contribution in [3.63, 3.8) is 0 Å². The second-order valence-electron chi connectivity index (χ2n) is 6.07. The van der Waals surface area contributed by atoms with Crippen molar-refractivity contribution in [2.75, 3.05) is 5.32 Å². The van der Waals surface area contributed by atoms with Crippen molar-refractivity contribution >= 4 is 29.3 Å². The Morgan fingerprint density at radius 3 is 2.37 bits per heavy atom. The van der Waals surface area contributed by atoms with E-state index in [0.29, 0.717) is 16.9 Å². The number of aromatic nitrogens is 2. The molecule has 2 aromatic carbocycles. The summed E-state index contributed by atoms with van der Waals surface area (Å²) in [5, 5.41) is 7.03. The zero-order chi connectivity index (χ0) is 21.9. The van der Waals surface area contributed by atoms with Crippen molar-refractivity contribution in [1.29, 1.82) is 0 Å². The van der Waals surface area contributed by atoms with E-state index >= 15 is 0 Å². The summed E-state index contributed by atoms with van der Waals surface area (Å²) in [4.78, 5) is 12.1. The first-order chi connectivity index (χ1) is 14.1. The van der Waals surface area contributed by atoms with Crippen LogP contribution >= 0.6 is 11.6 Å². The first kappa shape index (κ1) is 21.4. The first-order valence-electron chi connectivity index (χ1n) is 8.48. The second-order valence-corrected chi connectivity index (χ2v) is 6.43. The summed E-state index contributed by atoms with van der Waals surface area (Å²) in [5.74, 6) is -1.32. The summed E-state index contributed by atoms with van der Waals surface area (Å²) < 4.78 is 54.8. The average Bonchev–Trinajstić information content (AvgIpc) is 2.95. The number of ether oxygens (including phenoxy) is 1. The van der Waals surface area contributed by atoms with Crippen LogP contribution in [0.15, 0.2) is 54.6 Å². The van der Waals surface area contributed by atoms with Gasteiger partial charge in [0.25, 0.3) is 0 Å². The minimum atomic E-state index is -4.79. The van der Waals surface area contributed by atoms with Crippen LogP contribution in [0, 0.1) is 12.7 Å². The number of hydrogen-bond acceptors (Lipinski definition) is 3. The van der Waals surface area contributed by atoms with Crippen molar-refractivity contribution in [2.45, 2.75) is 13.3 Å². The van der Waals surface area contributed by atoms with E-state index in [1.165, 1.54) is 53.2 Å². The minimum Gasteiger partial charge on any atom is -0.406 e. The van der Waals surface area contributed by atoms with Gasteiger partial charge in [0, 0.05) is 17.3 Å². The van der Waals surface area contributed by atoms with Gasteiger partial charge in [0.1, 0.15) is 16.7 Å². The summed E-state index contributed by atoms with van der Waals surface area (Å²) >= 11 is 6.34. The smallest absolute Gasteiger partial charge is 0.406 e. The van der Waals surface area contributed by atoms with Crippen LogP contribution in [0.2, 0.25) is 5.15 Å². The third kappa shape index (κ3) is 5.38. The fourth-order valence-corrected chi connectivity index (χ4v) is 2.87. The van der Waals surface area contributed by atoms with Crippen molar-refractivity contribution in [1.82, 2.24) is 9.78 Å². The Morgan fingerprint density at radius 2 is 1.77 bits per heavy atom. The summed E-state index contributed by atoms with van der Waals surface area (Å²) in [6.45, 7) is 1.70. The van der Waals surface area contributed by atoms with Crippen LogP contribution in [0.5, 0.6) is 5.75 Å². The molecule has 0 unspecified atom stereocenters. The molecular formula is C20H14ClF4N3O2. The van der Waals surface area contributed by atoms with Gasteiger partial charge < -0.3 is 10.1 Å². The van der Waals surface area contributed by atoms with Gasteiger partial charge in [0.05, 0.1) is 11.4 Å². The molecule has 1 amide bonds. The van der Waals surface area contributed by atoms with Crippen molar-refractivity contribution in [3.05, 3.63) is 76.8 Å². The van der Waals surface area contributed by atoms with E-state index in [0.717, 1.165) is 12.1 Å². The molecule has 0 fully saturated rings.